The van der Waals surface area contributed by atoms with Crippen LogP contribution in [0, 0.1) is 5.41 Å². The van der Waals surface area contributed by atoms with Crippen LogP contribution < -0.4 is 0 Å². The van der Waals surface area contributed by atoms with E-state index in [9.17, 15) is 0 Å². The molecule has 1 unspecified atom stereocenters. The lowest BCUT2D eigenvalue weighted by Gasteiger charge is -2.28. The van der Waals surface area contributed by atoms with Gasteiger partial charge >= 0.3 is 0 Å². The fourth-order valence-corrected chi connectivity index (χ4v) is 1.49. The number of unbranched alkanes of at least 4 members (excludes halogenated alkanes) is 1. The maximum absolute atomic E-state index is 5.95. The SMILES string of the molecule is CCC(C)(CC)OCCCCOC(C)C(C)(C)C. The van der Waals surface area contributed by atoms with Crippen LogP contribution in [0.3, 0.4) is 0 Å². The normalized spacial score (nSPS) is 14.8. The Hall–Kier alpha value is -0.0800. The van der Waals surface area contributed by atoms with E-state index in [1.165, 1.54) is 0 Å². The van der Waals surface area contributed by atoms with Crippen molar-refractivity contribution in [1.29, 1.82) is 0 Å². The second-order valence-electron chi connectivity index (χ2n) is 6.59. The summed E-state index contributed by atoms with van der Waals surface area (Å²) >= 11 is 0. The van der Waals surface area contributed by atoms with Crippen molar-refractivity contribution in [2.75, 3.05) is 13.2 Å². The molecular formula is C16H34O2. The lowest BCUT2D eigenvalue weighted by Crippen LogP contribution is -2.28. The summed E-state index contributed by atoms with van der Waals surface area (Å²) in [5, 5.41) is 0. The first kappa shape index (κ1) is 17.9. The summed E-state index contributed by atoms with van der Waals surface area (Å²) in [5.41, 5.74) is 0.305. The number of ether oxygens (including phenoxy) is 2. The highest BCUT2D eigenvalue weighted by Gasteiger charge is 2.21. The van der Waals surface area contributed by atoms with Gasteiger partial charge in [0.1, 0.15) is 0 Å². The highest BCUT2D eigenvalue weighted by molar-refractivity contribution is 4.71. The Kier molecular flexibility index (Phi) is 8.13. The van der Waals surface area contributed by atoms with Crippen molar-refractivity contribution in [3.63, 3.8) is 0 Å². The Morgan fingerprint density at radius 3 is 1.83 bits per heavy atom. The zero-order valence-electron chi connectivity index (χ0n) is 13.6. The van der Waals surface area contributed by atoms with Crippen LogP contribution in [0.4, 0.5) is 0 Å². The predicted octanol–water partition coefficient (Wildman–Crippen LogP) is 4.81. The lowest BCUT2D eigenvalue weighted by molar-refractivity contribution is -0.0448. The maximum atomic E-state index is 5.95. The Labute approximate surface area is 114 Å². The largest absolute Gasteiger partial charge is 0.378 e. The van der Waals surface area contributed by atoms with E-state index < -0.39 is 0 Å². The van der Waals surface area contributed by atoms with Gasteiger partial charge in [-0.05, 0) is 44.9 Å². The van der Waals surface area contributed by atoms with Crippen LogP contribution in [-0.2, 0) is 9.47 Å². The van der Waals surface area contributed by atoms with Gasteiger partial charge in [-0.25, -0.2) is 0 Å². The van der Waals surface area contributed by atoms with E-state index in [1.54, 1.807) is 0 Å². The monoisotopic (exact) mass is 258 g/mol. The van der Waals surface area contributed by atoms with Crippen LogP contribution in [0.5, 0.6) is 0 Å². The van der Waals surface area contributed by atoms with Crippen molar-refractivity contribution in [1.82, 2.24) is 0 Å². The van der Waals surface area contributed by atoms with Crippen LogP contribution in [0.2, 0.25) is 0 Å². The predicted molar refractivity (Wildman–Crippen MR) is 79.0 cm³/mol. The van der Waals surface area contributed by atoms with Gasteiger partial charge in [0.2, 0.25) is 0 Å². The van der Waals surface area contributed by atoms with E-state index in [0.717, 1.165) is 38.9 Å². The highest BCUT2D eigenvalue weighted by atomic mass is 16.5. The third kappa shape index (κ3) is 7.38. The van der Waals surface area contributed by atoms with Gasteiger partial charge in [-0.2, -0.15) is 0 Å². The summed E-state index contributed by atoms with van der Waals surface area (Å²) in [6.07, 6.45) is 4.66. The Balaban J connectivity index is 3.58. The molecule has 0 aliphatic heterocycles. The molecule has 0 aliphatic rings. The van der Waals surface area contributed by atoms with Crippen molar-refractivity contribution in [2.24, 2.45) is 5.41 Å². The van der Waals surface area contributed by atoms with Gasteiger partial charge in [0, 0.05) is 13.2 Å². The molecular weight excluding hydrogens is 224 g/mol. The van der Waals surface area contributed by atoms with Crippen molar-refractivity contribution in [2.45, 2.75) is 85.9 Å². The van der Waals surface area contributed by atoms with Crippen LogP contribution in [0.25, 0.3) is 0 Å². The van der Waals surface area contributed by atoms with Crippen LogP contribution >= 0.6 is 0 Å². The molecule has 0 amide bonds. The molecule has 0 saturated heterocycles. The second kappa shape index (κ2) is 8.16. The first-order valence-electron chi connectivity index (χ1n) is 7.50. The molecule has 18 heavy (non-hydrogen) atoms. The average Bonchev–Trinajstić information content (AvgIpc) is 2.31. The lowest BCUT2D eigenvalue weighted by atomic mass is 9.90. The molecule has 0 aromatic carbocycles. The zero-order chi connectivity index (χ0) is 14.2. The van der Waals surface area contributed by atoms with E-state index in [-0.39, 0.29) is 11.0 Å². The molecule has 0 rings (SSSR count). The maximum Gasteiger partial charge on any atom is 0.0649 e. The van der Waals surface area contributed by atoms with Crippen LogP contribution in [-0.4, -0.2) is 24.9 Å². The summed E-state index contributed by atoms with van der Waals surface area (Å²) in [6.45, 7) is 17.1. The molecule has 0 saturated carbocycles. The average molecular weight is 258 g/mol. The Morgan fingerprint density at radius 2 is 1.39 bits per heavy atom. The first-order chi connectivity index (χ1) is 8.25. The van der Waals surface area contributed by atoms with Crippen molar-refractivity contribution >= 4 is 0 Å². The summed E-state index contributed by atoms with van der Waals surface area (Å²) in [5.74, 6) is 0. The molecule has 0 bridgehead atoms. The molecule has 0 radical (unpaired) electrons. The Bertz CT molecular complexity index is 202. The molecule has 0 aromatic heterocycles. The number of rotatable bonds is 9. The first-order valence-corrected chi connectivity index (χ1v) is 7.50. The molecule has 110 valence electrons. The third-order valence-electron chi connectivity index (χ3n) is 4.07. The molecule has 2 nitrogen and oxygen atoms in total. The molecule has 1 atom stereocenters. The summed E-state index contributed by atoms with van der Waals surface area (Å²) in [7, 11) is 0. The van der Waals surface area contributed by atoms with E-state index in [1.807, 2.05) is 0 Å². The van der Waals surface area contributed by atoms with Crippen molar-refractivity contribution in [3.8, 4) is 0 Å². The van der Waals surface area contributed by atoms with Crippen molar-refractivity contribution in [3.05, 3.63) is 0 Å². The molecule has 0 spiro atoms. The fraction of sp³-hybridized carbons (Fsp3) is 1.00. The standard InChI is InChI=1S/C16H34O2/c1-8-16(7,9-2)18-13-11-10-12-17-14(3)15(4,5)6/h14H,8-13H2,1-7H3. The third-order valence-corrected chi connectivity index (χ3v) is 4.07. The summed E-state index contributed by atoms with van der Waals surface area (Å²) < 4.78 is 11.8. The number of hydrogen-bond acceptors (Lipinski definition) is 2. The second-order valence-corrected chi connectivity index (χ2v) is 6.59. The van der Waals surface area contributed by atoms with Crippen molar-refractivity contribution < 1.29 is 9.47 Å². The van der Waals surface area contributed by atoms with Gasteiger partial charge in [-0.1, -0.05) is 34.6 Å². The van der Waals surface area contributed by atoms with Crippen LogP contribution in [0.1, 0.15) is 74.1 Å². The fourth-order valence-electron chi connectivity index (χ4n) is 1.49. The molecule has 2 heteroatoms. The number of hydrogen-bond donors (Lipinski definition) is 0. The smallest absolute Gasteiger partial charge is 0.0649 e. The minimum Gasteiger partial charge on any atom is -0.378 e. The van der Waals surface area contributed by atoms with Crippen LogP contribution in [0.15, 0.2) is 0 Å². The minimum absolute atomic E-state index is 0.0690. The van der Waals surface area contributed by atoms with Gasteiger partial charge in [0.25, 0.3) is 0 Å². The van der Waals surface area contributed by atoms with E-state index in [0.29, 0.717) is 6.10 Å². The topological polar surface area (TPSA) is 18.5 Å². The molecule has 0 heterocycles. The van der Waals surface area contributed by atoms with E-state index >= 15 is 0 Å². The van der Waals surface area contributed by atoms with Gasteiger partial charge in [-0.3, -0.25) is 0 Å². The van der Waals surface area contributed by atoms with Gasteiger partial charge < -0.3 is 9.47 Å². The quantitative estimate of drug-likeness (QED) is 0.552. The van der Waals surface area contributed by atoms with Gasteiger partial charge in [0.05, 0.1) is 11.7 Å². The highest BCUT2D eigenvalue weighted by Crippen LogP contribution is 2.22. The molecule has 0 fully saturated rings. The minimum atomic E-state index is 0.0690. The summed E-state index contributed by atoms with van der Waals surface area (Å²) in [6, 6.07) is 0. The molecule has 0 aromatic rings. The van der Waals surface area contributed by atoms with E-state index in [4.69, 9.17) is 9.47 Å². The molecule has 0 N–H and O–H groups in total. The zero-order valence-corrected chi connectivity index (χ0v) is 13.6. The summed E-state index contributed by atoms with van der Waals surface area (Å²) in [4.78, 5) is 0. The molecule has 0 aliphatic carbocycles. The van der Waals surface area contributed by atoms with Gasteiger partial charge in [0.15, 0.2) is 0 Å². The Morgan fingerprint density at radius 1 is 0.889 bits per heavy atom. The van der Waals surface area contributed by atoms with E-state index in [2.05, 4.69) is 48.5 Å². The van der Waals surface area contributed by atoms with Gasteiger partial charge in [-0.15, -0.1) is 0 Å².